The van der Waals surface area contributed by atoms with Crippen LogP contribution in [-0.4, -0.2) is 59.7 Å². The molecule has 0 amide bonds. The molecule has 1 aliphatic heterocycles. The van der Waals surface area contributed by atoms with Gasteiger partial charge in [-0.05, 0) is 42.3 Å². The lowest BCUT2D eigenvalue weighted by atomic mass is 10.1. The van der Waals surface area contributed by atoms with E-state index in [0.29, 0.717) is 6.54 Å². The van der Waals surface area contributed by atoms with E-state index in [4.69, 9.17) is 4.74 Å². The number of methoxy groups -OCH3 is 1. The molecule has 1 fully saturated rings. The van der Waals surface area contributed by atoms with Gasteiger partial charge in [0.2, 0.25) is 10.0 Å². The Bertz CT molecular complexity index is 861. The number of nitrogens with one attached hydrogen (secondary N) is 1. The molecule has 0 aliphatic carbocycles. The van der Waals surface area contributed by atoms with Gasteiger partial charge in [0.05, 0.1) is 12.9 Å². The summed E-state index contributed by atoms with van der Waals surface area (Å²) in [6.07, 6.45) is 0. The van der Waals surface area contributed by atoms with E-state index in [0.717, 1.165) is 49.6 Å². The molecule has 1 saturated heterocycles. The molecule has 2 aromatic rings. The SMILES string of the molecule is COc1ccc(N2CCN(CCNS(=O)(=O)Cc3ccccc3C)CC2)cc1. The van der Waals surface area contributed by atoms with Crippen molar-refractivity contribution in [3.63, 3.8) is 0 Å². The topological polar surface area (TPSA) is 61.9 Å². The van der Waals surface area contributed by atoms with Crippen LogP contribution in [-0.2, 0) is 15.8 Å². The molecule has 0 spiro atoms. The summed E-state index contributed by atoms with van der Waals surface area (Å²) in [4.78, 5) is 4.65. The largest absolute Gasteiger partial charge is 0.497 e. The van der Waals surface area contributed by atoms with Crippen LogP contribution in [0.2, 0.25) is 0 Å². The Balaban J connectivity index is 1.42. The van der Waals surface area contributed by atoms with Crippen LogP contribution in [0.25, 0.3) is 0 Å². The summed E-state index contributed by atoms with van der Waals surface area (Å²) >= 11 is 0. The molecule has 2 aromatic carbocycles. The molecular formula is C21H29N3O3S. The number of anilines is 1. The van der Waals surface area contributed by atoms with E-state index in [2.05, 4.69) is 26.7 Å². The Morgan fingerprint density at radius 1 is 1.00 bits per heavy atom. The molecule has 3 rings (SSSR count). The van der Waals surface area contributed by atoms with E-state index in [9.17, 15) is 8.42 Å². The fourth-order valence-corrected chi connectivity index (χ4v) is 4.65. The monoisotopic (exact) mass is 403 g/mol. The minimum absolute atomic E-state index is 0.0327. The van der Waals surface area contributed by atoms with Gasteiger partial charge >= 0.3 is 0 Å². The molecular weight excluding hydrogens is 374 g/mol. The van der Waals surface area contributed by atoms with E-state index in [1.807, 2.05) is 43.3 Å². The quantitative estimate of drug-likeness (QED) is 0.733. The van der Waals surface area contributed by atoms with Gasteiger partial charge in [-0.15, -0.1) is 0 Å². The summed E-state index contributed by atoms with van der Waals surface area (Å²) in [5.41, 5.74) is 3.05. The highest BCUT2D eigenvalue weighted by molar-refractivity contribution is 7.88. The molecule has 0 saturated carbocycles. The molecule has 0 atom stereocenters. The predicted octanol–water partition coefficient (Wildman–Crippen LogP) is 2.25. The van der Waals surface area contributed by atoms with Gasteiger partial charge in [-0.25, -0.2) is 13.1 Å². The van der Waals surface area contributed by atoms with Crippen molar-refractivity contribution in [3.8, 4) is 5.75 Å². The van der Waals surface area contributed by atoms with E-state index in [1.54, 1.807) is 7.11 Å². The standard InChI is InChI=1S/C21H29N3O3S/c1-18-5-3-4-6-19(18)17-28(25,26)22-11-12-23-13-15-24(16-14-23)20-7-9-21(27-2)10-8-20/h3-10,22H,11-17H2,1-2H3. The molecule has 0 bridgehead atoms. The summed E-state index contributed by atoms with van der Waals surface area (Å²) in [5, 5.41) is 0. The fraction of sp³-hybridized carbons (Fsp3) is 0.429. The predicted molar refractivity (Wildman–Crippen MR) is 113 cm³/mol. The lowest BCUT2D eigenvalue weighted by molar-refractivity contribution is 0.262. The summed E-state index contributed by atoms with van der Waals surface area (Å²) in [5.74, 6) is 0.894. The summed E-state index contributed by atoms with van der Waals surface area (Å²) in [6.45, 7) is 6.81. The van der Waals surface area contributed by atoms with Gasteiger partial charge in [-0.1, -0.05) is 24.3 Å². The molecule has 0 aromatic heterocycles. The molecule has 152 valence electrons. The van der Waals surface area contributed by atoms with E-state index >= 15 is 0 Å². The van der Waals surface area contributed by atoms with Gasteiger partial charge in [-0.2, -0.15) is 0 Å². The van der Waals surface area contributed by atoms with Crippen molar-refractivity contribution in [2.45, 2.75) is 12.7 Å². The summed E-state index contributed by atoms with van der Waals surface area (Å²) < 4.78 is 32.6. The van der Waals surface area contributed by atoms with Gasteiger partial charge in [0.15, 0.2) is 0 Å². The number of hydrogen-bond donors (Lipinski definition) is 1. The number of aryl methyl sites for hydroxylation is 1. The Hall–Kier alpha value is -2.09. The first-order chi connectivity index (χ1) is 13.5. The maximum absolute atomic E-state index is 12.3. The number of piperazine rings is 1. The first-order valence-corrected chi connectivity index (χ1v) is 11.3. The zero-order chi connectivity index (χ0) is 20.0. The van der Waals surface area contributed by atoms with Crippen LogP contribution in [0, 0.1) is 6.92 Å². The number of ether oxygens (including phenoxy) is 1. The molecule has 0 unspecified atom stereocenters. The molecule has 1 N–H and O–H groups in total. The van der Waals surface area contributed by atoms with Crippen LogP contribution >= 0.6 is 0 Å². The van der Waals surface area contributed by atoms with E-state index in [-0.39, 0.29) is 5.75 Å². The second-order valence-electron chi connectivity index (χ2n) is 7.11. The third-order valence-electron chi connectivity index (χ3n) is 5.17. The van der Waals surface area contributed by atoms with Crippen LogP contribution in [0.3, 0.4) is 0 Å². The maximum Gasteiger partial charge on any atom is 0.215 e. The highest BCUT2D eigenvalue weighted by atomic mass is 32.2. The van der Waals surface area contributed by atoms with Crippen molar-refractivity contribution < 1.29 is 13.2 Å². The molecule has 7 heteroatoms. The first-order valence-electron chi connectivity index (χ1n) is 9.60. The van der Waals surface area contributed by atoms with Crippen molar-refractivity contribution in [1.29, 1.82) is 0 Å². The number of nitrogens with zero attached hydrogens (tertiary/aromatic N) is 2. The summed E-state index contributed by atoms with van der Waals surface area (Å²) in [7, 11) is -1.65. The molecule has 6 nitrogen and oxygen atoms in total. The minimum Gasteiger partial charge on any atom is -0.497 e. The average molecular weight is 404 g/mol. The normalized spacial score (nSPS) is 15.6. The van der Waals surface area contributed by atoms with Crippen molar-refractivity contribution in [2.24, 2.45) is 0 Å². The van der Waals surface area contributed by atoms with Gasteiger partial charge < -0.3 is 9.64 Å². The van der Waals surface area contributed by atoms with E-state index in [1.165, 1.54) is 5.69 Å². The van der Waals surface area contributed by atoms with Gasteiger partial charge in [0.1, 0.15) is 5.75 Å². The third-order valence-corrected chi connectivity index (χ3v) is 6.50. The number of sulfonamides is 1. The van der Waals surface area contributed by atoms with Crippen LogP contribution in [0.1, 0.15) is 11.1 Å². The van der Waals surface area contributed by atoms with Crippen molar-refractivity contribution >= 4 is 15.7 Å². The van der Waals surface area contributed by atoms with Gasteiger partial charge in [-0.3, -0.25) is 4.90 Å². The summed E-state index contributed by atoms with van der Waals surface area (Å²) in [6, 6.07) is 15.7. The Morgan fingerprint density at radius 3 is 2.32 bits per heavy atom. The number of rotatable bonds is 8. The van der Waals surface area contributed by atoms with Crippen molar-refractivity contribution in [1.82, 2.24) is 9.62 Å². The smallest absolute Gasteiger partial charge is 0.215 e. The van der Waals surface area contributed by atoms with Crippen LogP contribution in [0.5, 0.6) is 5.75 Å². The lowest BCUT2D eigenvalue weighted by Crippen LogP contribution is -2.48. The van der Waals surface area contributed by atoms with E-state index < -0.39 is 10.0 Å². The highest BCUT2D eigenvalue weighted by Crippen LogP contribution is 2.20. The van der Waals surface area contributed by atoms with Gasteiger partial charge in [0, 0.05) is 45.0 Å². The molecule has 1 aliphatic rings. The third kappa shape index (κ3) is 5.70. The molecule has 0 radical (unpaired) electrons. The fourth-order valence-electron chi connectivity index (χ4n) is 3.41. The Labute approximate surface area is 168 Å². The molecule has 1 heterocycles. The van der Waals surface area contributed by atoms with Crippen LogP contribution in [0.4, 0.5) is 5.69 Å². The lowest BCUT2D eigenvalue weighted by Gasteiger charge is -2.36. The first kappa shape index (κ1) is 20.6. The number of benzene rings is 2. The zero-order valence-electron chi connectivity index (χ0n) is 16.6. The molecule has 28 heavy (non-hydrogen) atoms. The Morgan fingerprint density at radius 2 is 1.68 bits per heavy atom. The minimum atomic E-state index is -3.32. The maximum atomic E-state index is 12.3. The average Bonchev–Trinajstić information content (AvgIpc) is 2.70. The van der Waals surface area contributed by atoms with Gasteiger partial charge in [0.25, 0.3) is 0 Å². The zero-order valence-corrected chi connectivity index (χ0v) is 17.4. The van der Waals surface area contributed by atoms with Crippen molar-refractivity contribution in [2.75, 3.05) is 51.3 Å². The second kappa shape index (κ2) is 9.41. The second-order valence-corrected chi connectivity index (χ2v) is 8.91. The van der Waals surface area contributed by atoms with Crippen LogP contribution < -0.4 is 14.4 Å². The van der Waals surface area contributed by atoms with Crippen LogP contribution in [0.15, 0.2) is 48.5 Å². The Kier molecular flexibility index (Phi) is 6.93. The highest BCUT2D eigenvalue weighted by Gasteiger charge is 2.18. The van der Waals surface area contributed by atoms with Crippen molar-refractivity contribution in [3.05, 3.63) is 59.7 Å². The number of hydrogen-bond acceptors (Lipinski definition) is 5.